The lowest BCUT2D eigenvalue weighted by Gasteiger charge is -2.47. The lowest BCUT2D eigenvalue weighted by Crippen LogP contribution is -2.69. The van der Waals surface area contributed by atoms with Crippen LogP contribution in [0.1, 0.15) is 54.2 Å². The number of fused-ring (bicyclic) bond motifs is 2. The molecule has 6 unspecified atom stereocenters. The number of methoxy groups -OCH3 is 1. The first-order valence-corrected chi connectivity index (χ1v) is 11.5. The van der Waals surface area contributed by atoms with Crippen molar-refractivity contribution < 1.29 is 34.3 Å². The lowest BCUT2D eigenvalue weighted by molar-refractivity contribution is -0.272. The fourth-order valence-corrected chi connectivity index (χ4v) is 4.98. The average molecular weight is 488 g/mol. The van der Waals surface area contributed by atoms with Crippen LogP contribution >= 0.6 is 0 Å². The molecule has 3 heterocycles. The summed E-state index contributed by atoms with van der Waals surface area (Å²) in [7, 11) is 3.13. The van der Waals surface area contributed by atoms with Crippen molar-refractivity contribution in [2.75, 3.05) is 19.5 Å². The van der Waals surface area contributed by atoms with Gasteiger partial charge >= 0.3 is 0 Å². The van der Waals surface area contributed by atoms with E-state index in [1.54, 1.807) is 33.2 Å². The van der Waals surface area contributed by atoms with Crippen molar-refractivity contribution in [1.82, 2.24) is 9.88 Å². The molecule has 10 nitrogen and oxygen atoms in total. The molecule has 0 saturated carbocycles. The molecule has 1 aromatic carbocycles. The number of aliphatic hydroxyl groups excluding tert-OH is 2. The molecule has 4 rings (SSSR count). The Labute approximate surface area is 204 Å². The molecule has 2 aromatic rings. The molecule has 6 atom stereocenters. The molecule has 0 amide bonds. The van der Waals surface area contributed by atoms with E-state index in [-0.39, 0.29) is 11.3 Å². The van der Waals surface area contributed by atoms with Gasteiger partial charge in [-0.15, -0.1) is 0 Å². The number of rotatable bonds is 5. The van der Waals surface area contributed by atoms with Gasteiger partial charge in [0.1, 0.15) is 23.2 Å². The zero-order chi connectivity index (χ0) is 25.7. The average Bonchev–Trinajstić information content (AvgIpc) is 3.19. The van der Waals surface area contributed by atoms with E-state index in [1.165, 1.54) is 24.7 Å². The number of nitrogens with one attached hydrogen (secondary N) is 2. The quantitative estimate of drug-likeness (QED) is 0.428. The molecule has 2 aliphatic rings. The van der Waals surface area contributed by atoms with E-state index in [4.69, 9.17) is 14.2 Å². The van der Waals surface area contributed by atoms with Gasteiger partial charge in [0.05, 0.1) is 36.2 Å². The third-order valence-corrected chi connectivity index (χ3v) is 6.79. The minimum Gasteiger partial charge on any atom is -0.494 e. The van der Waals surface area contributed by atoms with Gasteiger partial charge in [-0.2, -0.15) is 0 Å². The maximum atomic E-state index is 13.6. The van der Waals surface area contributed by atoms with Crippen molar-refractivity contribution in [2.24, 2.45) is 0 Å². The number of hydrogen-bond acceptors (Lipinski definition) is 9. The molecule has 1 saturated heterocycles. The topological polar surface area (TPSA) is 134 Å². The number of benzene rings is 1. The zero-order valence-corrected chi connectivity index (χ0v) is 20.7. The predicted molar refractivity (Wildman–Crippen MR) is 130 cm³/mol. The number of ether oxygens (including phenoxy) is 3. The molecule has 35 heavy (non-hydrogen) atoms. The Bertz CT molecular complexity index is 1160. The van der Waals surface area contributed by atoms with Crippen molar-refractivity contribution >= 4 is 17.7 Å². The molecule has 0 spiro atoms. The first-order chi connectivity index (χ1) is 16.5. The first-order valence-electron chi connectivity index (χ1n) is 11.5. The van der Waals surface area contributed by atoms with Crippen LogP contribution in [0.5, 0.6) is 11.5 Å². The fourth-order valence-electron chi connectivity index (χ4n) is 4.98. The maximum absolute atomic E-state index is 13.6. The summed E-state index contributed by atoms with van der Waals surface area (Å²) in [6.45, 7) is 6.89. The van der Waals surface area contributed by atoms with Gasteiger partial charge in [0.25, 0.3) is 5.91 Å². The Kier molecular flexibility index (Phi) is 6.69. The van der Waals surface area contributed by atoms with Crippen LogP contribution in [0.3, 0.4) is 0 Å². The Morgan fingerprint density at radius 3 is 2.66 bits per heavy atom. The molecule has 1 aromatic heterocycles. The number of anilines is 1. The van der Waals surface area contributed by atoms with Crippen LogP contribution in [-0.2, 0) is 4.74 Å². The standard InChI is InChI=1S/C25H33N3O7/c1-7-8-14-9-16-22(30)27-18-15(23(31)28(16)11-14)10-17(12(2)19(18)33-6)35-24-21(29)25(4,32)20(26-5)13(3)34-24/h7-11,13,20-22,24,26-27,29-30,32H,1-6H3/b8-7+. The third kappa shape index (κ3) is 4.11. The van der Waals surface area contributed by atoms with E-state index in [2.05, 4.69) is 10.6 Å². The molecular weight excluding hydrogens is 454 g/mol. The summed E-state index contributed by atoms with van der Waals surface area (Å²) in [4.78, 5) is 13.6. The van der Waals surface area contributed by atoms with Gasteiger partial charge in [-0.3, -0.25) is 9.36 Å². The molecule has 2 aliphatic heterocycles. The number of allylic oxidation sites excluding steroid dienone is 1. The highest BCUT2D eigenvalue weighted by Crippen LogP contribution is 2.43. The van der Waals surface area contributed by atoms with Crippen molar-refractivity contribution in [1.29, 1.82) is 0 Å². The van der Waals surface area contributed by atoms with Crippen LogP contribution < -0.4 is 20.1 Å². The van der Waals surface area contributed by atoms with Crippen LogP contribution in [-0.4, -0.2) is 70.1 Å². The van der Waals surface area contributed by atoms with Gasteiger partial charge in [-0.05, 0) is 52.4 Å². The van der Waals surface area contributed by atoms with Crippen molar-refractivity contribution in [3.05, 3.63) is 46.8 Å². The molecule has 0 aliphatic carbocycles. The lowest BCUT2D eigenvalue weighted by atomic mass is 9.84. The Morgan fingerprint density at radius 2 is 2.03 bits per heavy atom. The van der Waals surface area contributed by atoms with Crippen LogP contribution in [0.2, 0.25) is 0 Å². The molecule has 190 valence electrons. The summed E-state index contributed by atoms with van der Waals surface area (Å²) < 4.78 is 18.9. The Hall–Kier alpha value is -2.89. The third-order valence-electron chi connectivity index (χ3n) is 6.79. The second-order valence-electron chi connectivity index (χ2n) is 9.14. The van der Waals surface area contributed by atoms with Crippen LogP contribution in [0.15, 0.2) is 24.4 Å². The van der Waals surface area contributed by atoms with E-state index in [0.717, 1.165) is 5.56 Å². The summed E-state index contributed by atoms with van der Waals surface area (Å²) in [5.41, 5.74) is 0.679. The summed E-state index contributed by atoms with van der Waals surface area (Å²) in [5, 5.41) is 38.6. The smallest absolute Gasteiger partial charge is 0.264 e. The summed E-state index contributed by atoms with van der Waals surface area (Å²) in [6, 6.07) is 2.73. The number of likely N-dealkylation sites (N-methyl/N-ethyl adjacent to an activating group) is 1. The van der Waals surface area contributed by atoms with Gasteiger partial charge in [0, 0.05) is 11.8 Å². The van der Waals surface area contributed by atoms with E-state index < -0.39 is 42.3 Å². The van der Waals surface area contributed by atoms with Gasteiger partial charge in [-0.25, -0.2) is 0 Å². The monoisotopic (exact) mass is 487 g/mol. The summed E-state index contributed by atoms with van der Waals surface area (Å²) >= 11 is 0. The second-order valence-corrected chi connectivity index (χ2v) is 9.14. The molecule has 0 bridgehead atoms. The highest BCUT2D eigenvalue weighted by molar-refractivity contribution is 6.04. The van der Waals surface area contributed by atoms with E-state index in [9.17, 15) is 20.1 Å². The van der Waals surface area contributed by atoms with Crippen LogP contribution in [0.25, 0.3) is 6.08 Å². The van der Waals surface area contributed by atoms with E-state index in [0.29, 0.717) is 22.7 Å². The molecular formula is C25H33N3O7. The number of carbonyl (C=O) groups excluding carboxylic acids is 1. The van der Waals surface area contributed by atoms with Gasteiger partial charge in [0.2, 0.25) is 6.29 Å². The van der Waals surface area contributed by atoms with Crippen LogP contribution in [0, 0.1) is 6.92 Å². The molecule has 1 fully saturated rings. The number of aromatic nitrogens is 1. The highest BCUT2D eigenvalue weighted by Gasteiger charge is 2.52. The molecule has 0 radical (unpaired) electrons. The maximum Gasteiger partial charge on any atom is 0.264 e. The Morgan fingerprint density at radius 1 is 1.31 bits per heavy atom. The minimum atomic E-state index is -1.54. The first kappa shape index (κ1) is 25.2. The van der Waals surface area contributed by atoms with Gasteiger partial charge in [0.15, 0.2) is 6.23 Å². The van der Waals surface area contributed by atoms with Crippen molar-refractivity contribution in [3.63, 3.8) is 0 Å². The second kappa shape index (κ2) is 9.29. The zero-order valence-electron chi connectivity index (χ0n) is 20.7. The van der Waals surface area contributed by atoms with E-state index in [1.807, 2.05) is 19.1 Å². The van der Waals surface area contributed by atoms with E-state index >= 15 is 0 Å². The molecule has 10 heteroatoms. The summed E-state index contributed by atoms with van der Waals surface area (Å²) in [6.07, 6.45) is 1.12. The highest BCUT2D eigenvalue weighted by atomic mass is 16.7. The summed E-state index contributed by atoms with van der Waals surface area (Å²) in [5.74, 6) is 0.158. The van der Waals surface area contributed by atoms with Crippen LogP contribution in [0.4, 0.5) is 5.69 Å². The SMILES string of the molecule is C/C=C/c1cc2n(c1)C(=O)c1cc(OC3OC(C)C(NC)C(C)(O)C3O)c(C)c(OC)c1NC2O. The molecule has 5 N–H and O–H groups in total. The predicted octanol–water partition coefficient (Wildman–Crippen LogP) is 1.77. The van der Waals surface area contributed by atoms with Crippen molar-refractivity contribution in [2.45, 2.75) is 64.1 Å². The van der Waals surface area contributed by atoms with Crippen molar-refractivity contribution in [3.8, 4) is 11.5 Å². The number of carbonyl (C=O) groups is 1. The normalized spacial score (nSPS) is 30.4. The minimum absolute atomic E-state index is 0.209. The number of aliphatic hydroxyl groups is 3. The number of hydrogen-bond donors (Lipinski definition) is 5. The fraction of sp³-hybridized carbons (Fsp3) is 0.480. The largest absolute Gasteiger partial charge is 0.494 e. The van der Waals surface area contributed by atoms with Gasteiger partial charge < -0.3 is 40.2 Å². The van der Waals surface area contributed by atoms with Gasteiger partial charge in [-0.1, -0.05) is 12.2 Å². The number of nitrogens with zero attached hydrogens (tertiary/aromatic N) is 1. The Balaban J connectivity index is 1.77.